The molecule has 2 rings (SSSR count). The number of rotatable bonds is 13. The van der Waals surface area contributed by atoms with Crippen LogP contribution in [-0.2, 0) is 0 Å². The van der Waals surface area contributed by atoms with Gasteiger partial charge in [-0.15, -0.1) is 0 Å². The van der Waals surface area contributed by atoms with Gasteiger partial charge in [0.15, 0.2) is 0 Å². The lowest BCUT2D eigenvalue weighted by Gasteiger charge is -2.17. The summed E-state index contributed by atoms with van der Waals surface area (Å²) in [5, 5.41) is 11.5. The highest BCUT2D eigenvalue weighted by Crippen LogP contribution is 2.39. The Kier molecular flexibility index (Phi) is 9.12. The molecular weight excluding hydrogens is 352 g/mol. The topological polar surface area (TPSA) is 55.8 Å². The van der Waals surface area contributed by atoms with Gasteiger partial charge in [-0.3, -0.25) is 0 Å². The van der Waals surface area contributed by atoms with Crippen molar-refractivity contribution < 1.29 is 19.4 Å². The zero-order chi connectivity index (χ0) is 20.4. The van der Waals surface area contributed by atoms with E-state index in [2.05, 4.69) is 13.8 Å². The highest BCUT2D eigenvalue weighted by molar-refractivity contribution is 6.04. The number of fused-ring (bicyclic) bond motifs is 1. The molecule has 0 heterocycles. The lowest BCUT2D eigenvalue weighted by molar-refractivity contribution is 0.0692. The van der Waals surface area contributed by atoms with Crippen LogP contribution in [0.4, 0.5) is 0 Å². The normalized spacial score (nSPS) is 11.0. The maximum atomic E-state index is 11.9. The molecule has 0 aliphatic heterocycles. The van der Waals surface area contributed by atoms with Gasteiger partial charge in [-0.25, -0.2) is 4.79 Å². The van der Waals surface area contributed by atoms with E-state index in [9.17, 15) is 9.90 Å². The SMILES string of the molecule is CCCCCCOc1c(C(=O)O)cc(OCCCCCC)c2c(C)cccc12. The Labute approximate surface area is 168 Å². The highest BCUT2D eigenvalue weighted by Gasteiger charge is 2.20. The summed E-state index contributed by atoms with van der Waals surface area (Å²) in [5.41, 5.74) is 1.24. The maximum Gasteiger partial charge on any atom is 0.339 e. The van der Waals surface area contributed by atoms with E-state index in [0.717, 1.165) is 48.4 Å². The largest absolute Gasteiger partial charge is 0.493 e. The minimum absolute atomic E-state index is 0.178. The van der Waals surface area contributed by atoms with E-state index in [-0.39, 0.29) is 5.56 Å². The molecule has 0 saturated heterocycles. The maximum absolute atomic E-state index is 11.9. The lowest BCUT2D eigenvalue weighted by Crippen LogP contribution is -2.07. The molecule has 4 nitrogen and oxygen atoms in total. The fourth-order valence-electron chi connectivity index (χ4n) is 3.44. The number of ether oxygens (including phenoxy) is 2. The second-order valence-corrected chi connectivity index (χ2v) is 7.37. The Balaban J connectivity index is 2.32. The van der Waals surface area contributed by atoms with Crippen LogP contribution in [0.5, 0.6) is 11.5 Å². The van der Waals surface area contributed by atoms with Crippen LogP contribution in [0.25, 0.3) is 10.8 Å². The van der Waals surface area contributed by atoms with Crippen molar-refractivity contribution >= 4 is 16.7 Å². The van der Waals surface area contributed by atoms with Crippen molar-refractivity contribution in [3.8, 4) is 11.5 Å². The number of benzene rings is 2. The van der Waals surface area contributed by atoms with E-state index in [4.69, 9.17) is 9.47 Å². The number of carbonyl (C=O) groups is 1. The van der Waals surface area contributed by atoms with Crippen molar-refractivity contribution in [2.75, 3.05) is 13.2 Å². The number of hydrogen-bond acceptors (Lipinski definition) is 3. The van der Waals surface area contributed by atoms with E-state index < -0.39 is 5.97 Å². The van der Waals surface area contributed by atoms with Gasteiger partial charge in [0.05, 0.1) is 13.2 Å². The summed E-state index contributed by atoms with van der Waals surface area (Å²) in [7, 11) is 0. The van der Waals surface area contributed by atoms with Crippen molar-refractivity contribution in [3.63, 3.8) is 0 Å². The van der Waals surface area contributed by atoms with Gasteiger partial charge in [-0.2, -0.15) is 0 Å². The molecule has 0 fully saturated rings. The van der Waals surface area contributed by atoms with Gasteiger partial charge in [0.25, 0.3) is 0 Å². The molecule has 1 N–H and O–H groups in total. The fraction of sp³-hybridized carbons (Fsp3) is 0.542. The average Bonchev–Trinajstić information content (AvgIpc) is 2.68. The number of carboxylic acids is 1. The monoisotopic (exact) mass is 386 g/mol. The minimum Gasteiger partial charge on any atom is -0.493 e. The van der Waals surface area contributed by atoms with E-state index in [0.29, 0.717) is 24.7 Å². The molecule has 2 aromatic rings. The second kappa shape index (κ2) is 11.6. The van der Waals surface area contributed by atoms with Crippen molar-refractivity contribution in [1.29, 1.82) is 0 Å². The van der Waals surface area contributed by atoms with Crippen LogP contribution in [-0.4, -0.2) is 24.3 Å². The second-order valence-electron chi connectivity index (χ2n) is 7.37. The molecular formula is C24H34O4. The van der Waals surface area contributed by atoms with Gasteiger partial charge in [0.2, 0.25) is 0 Å². The third-order valence-corrected chi connectivity index (χ3v) is 5.01. The van der Waals surface area contributed by atoms with Crippen molar-refractivity contribution in [1.82, 2.24) is 0 Å². The molecule has 0 bridgehead atoms. The summed E-state index contributed by atoms with van der Waals surface area (Å²) in [6.45, 7) is 7.50. The van der Waals surface area contributed by atoms with Crippen LogP contribution in [0.3, 0.4) is 0 Å². The first-order valence-corrected chi connectivity index (χ1v) is 10.6. The molecule has 0 aliphatic rings. The van der Waals surface area contributed by atoms with Crippen LogP contribution in [0.1, 0.15) is 81.1 Å². The molecule has 0 aliphatic carbocycles. The zero-order valence-corrected chi connectivity index (χ0v) is 17.6. The first-order valence-electron chi connectivity index (χ1n) is 10.6. The molecule has 0 atom stereocenters. The predicted octanol–water partition coefficient (Wildman–Crippen LogP) is 6.76. The average molecular weight is 387 g/mol. The predicted molar refractivity (Wildman–Crippen MR) is 115 cm³/mol. The summed E-state index contributed by atoms with van der Waals surface area (Å²) < 4.78 is 12.0. The van der Waals surface area contributed by atoms with Crippen molar-refractivity contribution in [2.45, 2.75) is 72.1 Å². The van der Waals surface area contributed by atoms with Crippen LogP contribution >= 0.6 is 0 Å². The Morgan fingerprint density at radius 1 is 0.929 bits per heavy atom. The zero-order valence-electron chi connectivity index (χ0n) is 17.6. The summed E-state index contributed by atoms with van der Waals surface area (Å²) in [5.74, 6) is 0.115. The smallest absolute Gasteiger partial charge is 0.339 e. The molecule has 0 unspecified atom stereocenters. The molecule has 154 valence electrons. The molecule has 0 radical (unpaired) electrons. The van der Waals surface area contributed by atoms with Gasteiger partial charge in [0, 0.05) is 10.8 Å². The van der Waals surface area contributed by atoms with Gasteiger partial charge < -0.3 is 14.6 Å². The van der Waals surface area contributed by atoms with Crippen molar-refractivity contribution in [3.05, 3.63) is 35.4 Å². The molecule has 0 aromatic heterocycles. The van der Waals surface area contributed by atoms with Crippen LogP contribution in [0.15, 0.2) is 24.3 Å². The van der Waals surface area contributed by atoms with E-state index in [1.165, 1.54) is 19.3 Å². The van der Waals surface area contributed by atoms with Crippen molar-refractivity contribution in [2.24, 2.45) is 0 Å². The Morgan fingerprint density at radius 3 is 2.18 bits per heavy atom. The summed E-state index contributed by atoms with van der Waals surface area (Å²) in [4.78, 5) is 11.9. The van der Waals surface area contributed by atoms with Gasteiger partial charge >= 0.3 is 5.97 Å². The minimum atomic E-state index is -0.984. The summed E-state index contributed by atoms with van der Waals surface area (Å²) in [6.07, 6.45) is 8.80. The molecule has 2 aromatic carbocycles. The Bertz CT molecular complexity index is 767. The standard InChI is InChI=1S/C24H34O4/c1-4-6-8-10-15-27-21-17-20(24(25)26)23(28-16-11-9-7-5-2)19-14-12-13-18(3)22(19)21/h12-14,17H,4-11,15-16H2,1-3H3,(H,25,26). The van der Waals surface area contributed by atoms with Crippen LogP contribution < -0.4 is 9.47 Å². The molecule has 0 saturated carbocycles. The van der Waals surface area contributed by atoms with E-state index in [1.54, 1.807) is 6.07 Å². The Morgan fingerprint density at radius 2 is 1.57 bits per heavy atom. The first kappa shape index (κ1) is 22.1. The molecule has 28 heavy (non-hydrogen) atoms. The molecule has 0 amide bonds. The van der Waals surface area contributed by atoms with E-state index in [1.807, 2.05) is 25.1 Å². The van der Waals surface area contributed by atoms with Crippen LogP contribution in [0.2, 0.25) is 0 Å². The number of unbranched alkanes of at least 4 members (excludes halogenated alkanes) is 6. The number of aromatic carboxylic acids is 1. The van der Waals surface area contributed by atoms with Crippen LogP contribution in [0, 0.1) is 6.92 Å². The highest BCUT2D eigenvalue weighted by atomic mass is 16.5. The molecule has 4 heteroatoms. The third kappa shape index (κ3) is 5.88. The Hall–Kier alpha value is -2.23. The number of hydrogen-bond donors (Lipinski definition) is 1. The van der Waals surface area contributed by atoms with Gasteiger partial charge in [-0.05, 0) is 31.4 Å². The van der Waals surface area contributed by atoms with Gasteiger partial charge in [0.1, 0.15) is 17.1 Å². The molecule has 0 spiro atoms. The number of aryl methyl sites for hydroxylation is 1. The summed E-state index contributed by atoms with van der Waals surface area (Å²) in [6, 6.07) is 7.54. The lowest BCUT2D eigenvalue weighted by atomic mass is 10.00. The quantitative estimate of drug-likeness (QED) is 0.386. The fourth-order valence-corrected chi connectivity index (χ4v) is 3.44. The van der Waals surface area contributed by atoms with Gasteiger partial charge in [-0.1, -0.05) is 70.6 Å². The summed E-state index contributed by atoms with van der Waals surface area (Å²) >= 11 is 0. The number of carboxylic acid groups (broad SMARTS) is 1. The third-order valence-electron chi connectivity index (χ3n) is 5.01. The van der Waals surface area contributed by atoms with E-state index >= 15 is 0 Å². The first-order chi connectivity index (χ1) is 13.6.